The van der Waals surface area contributed by atoms with Gasteiger partial charge in [0.05, 0.1) is 6.61 Å². The van der Waals surface area contributed by atoms with E-state index >= 15 is 0 Å². The van der Waals surface area contributed by atoms with Gasteiger partial charge in [-0.25, -0.2) is 0 Å². The molecule has 0 aliphatic rings. The van der Waals surface area contributed by atoms with Crippen molar-refractivity contribution >= 4 is 6.47 Å². The summed E-state index contributed by atoms with van der Waals surface area (Å²) in [6, 6.07) is 0. The van der Waals surface area contributed by atoms with E-state index in [0.29, 0.717) is 13.1 Å². The van der Waals surface area contributed by atoms with Crippen LogP contribution in [0.5, 0.6) is 0 Å². The number of hydrogen-bond donors (Lipinski definition) is 0. The van der Waals surface area contributed by atoms with Gasteiger partial charge in [0.25, 0.3) is 6.47 Å². The molecule has 0 amide bonds. The van der Waals surface area contributed by atoms with Gasteiger partial charge in [-0.3, -0.25) is 4.79 Å². The SMILES string of the molecule is CCCCCCC(CCCCCC)CCCOC=O. The van der Waals surface area contributed by atoms with E-state index in [-0.39, 0.29) is 0 Å². The number of hydrogen-bond acceptors (Lipinski definition) is 2. The average Bonchev–Trinajstić information content (AvgIpc) is 2.43. The fraction of sp³-hybridized carbons (Fsp3) is 0.941. The molecule has 0 aliphatic carbocycles. The number of unbranched alkanes of at least 4 members (excludes halogenated alkanes) is 6. The summed E-state index contributed by atoms with van der Waals surface area (Å²) >= 11 is 0. The van der Waals surface area contributed by atoms with Crippen molar-refractivity contribution in [3.05, 3.63) is 0 Å². The standard InChI is InChI=1S/C17H34O2/c1-3-5-7-9-12-17(13-10-8-6-4-2)14-11-15-19-16-18/h16-17H,3-15H2,1-2H3. The van der Waals surface area contributed by atoms with Gasteiger partial charge in [-0.05, 0) is 18.8 Å². The van der Waals surface area contributed by atoms with Gasteiger partial charge in [0.15, 0.2) is 0 Å². The van der Waals surface area contributed by atoms with Crippen molar-refractivity contribution in [3.63, 3.8) is 0 Å². The monoisotopic (exact) mass is 270 g/mol. The first kappa shape index (κ1) is 18.5. The fourth-order valence-corrected chi connectivity index (χ4v) is 2.66. The third-order valence-corrected chi connectivity index (χ3v) is 3.87. The molecule has 0 aromatic rings. The Hall–Kier alpha value is -0.530. The Morgan fingerprint density at radius 1 is 0.789 bits per heavy atom. The van der Waals surface area contributed by atoms with Crippen molar-refractivity contribution in [2.75, 3.05) is 6.61 Å². The van der Waals surface area contributed by atoms with Crippen LogP contribution in [0, 0.1) is 5.92 Å². The lowest BCUT2D eigenvalue weighted by Crippen LogP contribution is -2.03. The highest BCUT2D eigenvalue weighted by Gasteiger charge is 2.08. The van der Waals surface area contributed by atoms with E-state index in [2.05, 4.69) is 13.8 Å². The van der Waals surface area contributed by atoms with Crippen LogP contribution in [0.3, 0.4) is 0 Å². The lowest BCUT2D eigenvalue weighted by atomic mass is 9.91. The Labute approximate surface area is 120 Å². The maximum Gasteiger partial charge on any atom is 0.293 e. The van der Waals surface area contributed by atoms with Crippen molar-refractivity contribution in [3.8, 4) is 0 Å². The first-order valence-corrected chi connectivity index (χ1v) is 8.40. The number of carbonyl (C=O) groups is 1. The van der Waals surface area contributed by atoms with E-state index in [9.17, 15) is 4.79 Å². The van der Waals surface area contributed by atoms with Crippen LogP contribution < -0.4 is 0 Å². The Balaban J connectivity index is 3.68. The molecular weight excluding hydrogens is 236 g/mol. The number of carbonyl (C=O) groups excluding carboxylic acids is 1. The molecule has 114 valence electrons. The van der Waals surface area contributed by atoms with Gasteiger partial charge in [-0.2, -0.15) is 0 Å². The molecule has 0 bridgehead atoms. The zero-order chi connectivity index (χ0) is 14.2. The Morgan fingerprint density at radius 2 is 1.32 bits per heavy atom. The molecule has 0 aliphatic heterocycles. The Kier molecular flexibility index (Phi) is 15.1. The third-order valence-electron chi connectivity index (χ3n) is 3.87. The van der Waals surface area contributed by atoms with Gasteiger partial charge in [-0.1, -0.05) is 78.1 Å². The van der Waals surface area contributed by atoms with Gasteiger partial charge < -0.3 is 4.74 Å². The van der Waals surface area contributed by atoms with Crippen molar-refractivity contribution in [1.29, 1.82) is 0 Å². The summed E-state index contributed by atoms with van der Waals surface area (Å²) in [5.74, 6) is 0.851. The van der Waals surface area contributed by atoms with Crippen LogP contribution in [0.4, 0.5) is 0 Å². The molecule has 0 fully saturated rings. The second-order valence-electron chi connectivity index (χ2n) is 5.67. The van der Waals surface area contributed by atoms with Crippen molar-refractivity contribution in [1.82, 2.24) is 0 Å². The van der Waals surface area contributed by atoms with Gasteiger partial charge >= 0.3 is 0 Å². The van der Waals surface area contributed by atoms with Crippen LogP contribution in [0.2, 0.25) is 0 Å². The number of ether oxygens (including phenoxy) is 1. The van der Waals surface area contributed by atoms with E-state index in [0.717, 1.165) is 12.3 Å². The molecular formula is C17H34O2. The Bertz CT molecular complexity index is 168. The van der Waals surface area contributed by atoms with Crippen molar-refractivity contribution in [2.24, 2.45) is 5.92 Å². The van der Waals surface area contributed by atoms with Crippen molar-refractivity contribution in [2.45, 2.75) is 90.9 Å². The van der Waals surface area contributed by atoms with E-state index in [4.69, 9.17) is 4.74 Å². The van der Waals surface area contributed by atoms with E-state index < -0.39 is 0 Å². The van der Waals surface area contributed by atoms with Crippen molar-refractivity contribution < 1.29 is 9.53 Å². The lowest BCUT2D eigenvalue weighted by Gasteiger charge is -2.16. The topological polar surface area (TPSA) is 26.3 Å². The highest BCUT2D eigenvalue weighted by Crippen LogP contribution is 2.22. The second-order valence-corrected chi connectivity index (χ2v) is 5.67. The third kappa shape index (κ3) is 13.7. The van der Waals surface area contributed by atoms with Crippen LogP contribution in [-0.2, 0) is 9.53 Å². The summed E-state index contributed by atoms with van der Waals surface area (Å²) in [5, 5.41) is 0. The molecule has 0 aromatic carbocycles. The largest absolute Gasteiger partial charge is 0.468 e. The molecule has 0 N–H and O–H groups in total. The highest BCUT2D eigenvalue weighted by atomic mass is 16.5. The zero-order valence-corrected chi connectivity index (χ0v) is 13.2. The Morgan fingerprint density at radius 3 is 1.79 bits per heavy atom. The van der Waals surface area contributed by atoms with Crippen LogP contribution in [-0.4, -0.2) is 13.1 Å². The highest BCUT2D eigenvalue weighted by molar-refractivity contribution is 5.36. The first-order valence-electron chi connectivity index (χ1n) is 8.40. The quantitative estimate of drug-likeness (QED) is 0.290. The predicted octanol–water partition coefficient (Wildman–Crippen LogP) is 5.50. The predicted molar refractivity (Wildman–Crippen MR) is 82.3 cm³/mol. The molecule has 0 rings (SSSR count). The minimum absolute atomic E-state index is 0.567. The molecule has 0 atom stereocenters. The summed E-state index contributed by atoms with van der Waals surface area (Å²) in [6.45, 7) is 5.69. The lowest BCUT2D eigenvalue weighted by molar-refractivity contribution is -0.128. The maximum atomic E-state index is 10.1. The smallest absolute Gasteiger partial charge is 0.293 e. The van der Waals surface area contributed by atoms with E-state index in [1.807, 2.05) is 0 Å². The summed E-state index contributed by atoms with van der Waals surface area (Å²) in [5.41, 5.74) is 0. The van der Waals surface area contributed by atoms with Gasteiger partial charge in [-0.15, -0.1) is 0 Å². The minimum atomic E-state index is 0.567. The molecule has 2 nitrogen and oxygen atoms in total. The molecule has 19 heavy (non-hydrogen) atoms. The van der Waals surface area contributed by atoms with Gasteiger partial charge in [0.2, 0.25) is 0 Å². The molecule has 0 heterocycles. The van der Waals surface area contributed by atoms with Crippen LogP contribution in [0.1, 0.15) is 90.9 Å². The second kappa shape index (κ2) is 15.5. The first-order chi connectivity index (χ1) is 9.35. The molecule has 2 heteroatoms. The van der Waals surface area contributed by atoms with Crippen LogP contribution in [0.25, 0.3) is 0 Å². The molecule has 0 saturated carbocycles. The normalized spacial score (nSPS) is 10.9. The molecule has 0 aromatic heterocycles. The minimum Gasteiger partial charge on any atom is -0.468 e. The molecule has 0 spiro atoms. The van der Waals surface area contributed by atoms with E-state index in [1.54, 1.807) is 0 Å². The molecule has 0 unspecified atom stereocenters. The molecule has 0 saturated heterocycles. The average molecular weight is 270 g/mol. The number of rotatable bonds is 15. The van der Waals surface area contributed by atoms with Crippen LogP contribution >= 0.6 is 0 Å². The summed E-state index contributed by atoms with van der Waals surface area (Å²) in [7, 11) is 0. The zero-order valence-electron chi connectivity index (χ0n) is 13.2. The van der Waals surface area contributed by atoms with Crippen LogP contribution in [0.15, 0.2) is 0 Å². The summed E-state index contributed by atoms with van der Waals surface area (Å²) < 4.78 is 4.79. The maximum absolute atomic E-state index is 10.1. The van der Waals surface area contributed by atoms with Gasteiger partial charge in [0, 0.05) is 0 Å². The fourth-order valence-electron chi connectivity index (χ4n) is 2.66. The van der Waals surface area contributed by atoms with Gasteiger partial charge in [0.1, 0.15) is 0 Å². The summed E-state index contributed by atoms with van der Waals surface area (Å²) in [6.07, 6.45) is 15.9. The summed E-state index contributed by atoms with van der Waals surface area (Å²) in [4.78, 5) is 10.1. The van der Waals surface area contributed by atoms with E-state index in [1.165, 1.54) is 70.6 Å². The molecule has 0 radical (unpaired) electrons.